The molecule has 0 aromatic heterocycles. The second-order valence-corrected chi connectivity index (χ2v) is 13.5. The predicted molar refractivity (Wildman–Crippen MR) is 97.3 cm³/mol. The van der Waals surface area contributed by atoms with E-state index in [9.17, 15) is 19.5 Å². The molecule has 0 spiro atoms. The number of carboxylic acids is 1. The largest absolute Gasteiger partial charge is 0.519 e. The number of Topliss-reactive ketones (excluding diaryl/α,β-unsaturated/α-hetero) is 1. The molecule has 2 atom stereocenters. The van der Waals surface area contributed by atoms with E-state index in [0.717, 1.165) is 0 Å². The van der Waals surface area contributed by atoms with Gasteiger partial charge in [-0.25, -0.2) is 0 Å². The third-order valence-electron chi connectivity index (χ3n) is 4.71. The molecular formula is C18H34O5Si. The van der Waals surface area contributed by atoms with Crippen LogP contribution in [0.4, 0.5) is 0 Å². The fourth-order valence-corrected chi connectivity index (χ4v) is 3.82. The van der Waals surface area contributed by atoms with Crippen LogP contribution >= 0.6 is 0 Å². The molecule has 5 nitrogen and oxygen atoms in total. The minimum Gasteiger partial charge on any atom is -0.519 e. The molecule has 0 fully saturated rings. The highest BCUT2D eigenvalue weighted by atomic mass is 28.4. The van der Waals surface area contributed by atoms with Gasteiger partial charge >= 0.3 is 5.97 Å². The Balaban J connectivity index is 5.87. The second-order valence-electron chi connectivity index (χ2n) is 9.08. The zero-order valence-corrected chi connectivity index (χ0v) is 17.7. The molecule has 0 saturated heterocycles. The van der Waals surface area contributed by atoms with Crippen LogP contribution in [0.25, 0.3) is 0 Å². The average Bonchev–Trinajstić information content (AvgIpc) is 2.35. The highest BCUT2D eigenvalue weighted by Gasteiger charge is 2.48. The van der Waals surface area contributed by atoms with Crippen molar-refractivity contribution in [1.82, 2.24) is 0 Å². The lowest BCUT2D eigenvalue weighted by atomic mass is 9.64. The molecular weight excluding hydrogens is 324 g/mol. The third-order valence-corrected chi connectivity index (χ3v) is 5.51. The minimum absolute atomic E-state index is 0.00478. The van der Waals surface area contributed by atoms with E-state index in [-0.39, 0.29) is 18.6 Å². The number of hydrogen-bond donors (Lipinski definition) is 1. The lowest BCUT2D eigenvalue weighted by molar-refractivity contribution is -0.156. The number of carbonyl (C=O) groups excluding carboxylic acids is 2. The van der Waals surface area contributed by atoms with Crippen molar-refractivity contribution in [1.29, 1.82) is 0 Å². The molecule has 0 radical (unpaired) electrons. The number of aliphatic carboxylic acids is 1. The van der Waals surface area contributed by atoms with Crippen LogP contribution in [0, 0.1) is 16.2 Å². The van der Waals surface area contributed by atoms with Gasteiger partial charge in [0.15, 0.2) is 0 Å². The van der Waals surface area contributed by atoms with Gasteiger partial charge in [0.2, 0.25) is 8.32 Å². The summed E-state index contributed by atoms with van der Waals surface area (Å²) in [5.41, 5.74) is -2.79. The van der Waals surface area contributed by atoms with Crippen molar-refractivity contribution in [3.63, 3.8) is 0 Å². The summed E-state index contributed by atoms with van der Waals surface area (Å²) in [7, 11) is -2.13. The van der Waals surface area contributed by atoms with E-state index in [0.29, 0.717) is 6.42 Å². The van der Waals surface area contributed by atoms with Gasteiger partial charge < -0.3 is 9.53 Å². The highest BCUT2D eigenvalue weighted by molar-refractivity contribution is 6.71. The SMILES string of the molecule is CCC(C)(CC(C)(CC(C)(C)C(=O)O)C(=O)O[Si](C)(C)C)C(C)=O. The van der Waals surface area contributed by atoms with Crippen molar-refractivity contribution >= 4 is 26.0 Å². The normalized spacial score (nSPS) is 17.5. The predicted octanol–water partition coefficient (Wildman–Crippen LogP) is 4.27. The minimum atomic E-state index is -2.13. The molecule has 0 aromatic rings. The van der Waals surface area contributed by atoms with Crippen LogP contribution in [-0.4, -0.2) is 31.1 Å². The molecule has 2 unspecified atom stereocenters. The van der Waals surface area contributed by atoms with Gasteiger partial charge in [0.05, 0.1) is 10.8 Å². The summed E-state index contributed by atoms with van der Waals surface area (Å²) in [6.45, 7) is 16.0. The molecule has 0 bridgehead atoms. The van der Waals surface area contributed by atoms with Crippen LogP contribution in [0.3, 0.4) is 0 Å². The number of carbonyl (C=O) groups is 3. The van der Waals surface area contributed by atoms with Crippen LogP contribution in [-0.2, 0) is 18.8 Å². The first kappa shape index (κ1) is 22.8. The van der Waals surface area contributed by atoms with E-state index in [1.165, 1.54) is 6.92 Å². The van der Waals surface area contributed by atoms with Crippen molar-refractivity contribution < 1.29 is 23.9 Å². The Labute approximate surface area is 147 Å². The smallest absolute Gasteiger partial charge is 0.309 e. The maximum atomic E-state index is 12.9. The van der Waals surface area contributed by atoms with Crippen LogP contribution in [0.2, 0.25) is 19.6 Å². The van der Waals surface area contributed by atoms with Crippen LogP contribution in [0.1, 0.15) is 60.8 Å². The van der Waals surface area contributed by atoms with Gasteiger partial charge in [0, 0.05) is 5.41 Å². The van der Waals surface area contributed by atoms with E-state index in [1.54, 1.807) is 20.8 Å². The van der Waals surface area contributed by atoms with Crippen LogP contribution < -0.4 is 0 Å². The molecule has 0 aliphatic rings. The maximum absolute atomic E-state index is 12.9. The Bertz CT molecular complexity index is 506. The van der Waals surface area contributed by atoms with Gasteiger partial charge in [-0.05, 0) is 66.6 Å². The molecule has 6 heteroatoms. The van der Waals surface area contributed by atoms with Crippen molar-refractivity contribution in [2.45, 2.75) is 80.4 Å². The van der Waals surface area contributed by atoms with E-state index in [4.69, 9.17) is 4.43 Å². The van der Waals surface area contributed by atoms with E-state index in [2.05, 4.69) is 0 Å². The fourth-order valence-electron chi connectivity index (χ4n) is 3.02. The topological polar surface area (TPSA) is 80.7 Å². The van der Waals surface area contributed by atoms with Crippen molar-refractivity contribution in [2.24, 2.45) is 16.2 Å². The van der Waals surface area contributed by atoms with Gasteiger partial charge in [-0.1, -0.05) is 13.8 Å². The summed E-state index contributed by atoms with van der Waals surface area (Å²) >= 11 is 0. The van der Waals surface area contributed by atoms with E-state index >= 15 is 0 Å². The summed E-state index contributed by atoms with van der Waals surface area (Å²) < 4.78 is 5.69. The zero-order chi connectivity index (χ0) is 19.6. The molecule has 24 heavy (non-hydrogen) atoms. The highest BCUT2D eigenvalue weighted by Crippen LogP contribution is 2.45. The Morgan fingerprint density at radius 3 is 1.71 bits per heavy atom. The lowest BCUT2D eigenvalue weighted by Gasteiger charge is -2.40. The van der Waals surface area contributed by atoms with E-state index in [1.807, 2.05) is 33.5 Å². The van der Waals surface area contributed by atoms with Gasteiger partial charge in [0.1, 0.15) is 5.78 Å². The molecule has 0 saturated carbocycles. The molecule has 0 heterocycles. The number of ketones is 1. The standard InChI is InChI=1S/C18H34O5Si/c1-10-17(5,13(2)19)12-18(6,11-16(3,4)14(20)21)15(22)23-24(7,8)9/h10-12H2,1-9H3,(H,20,21). The molecule has 140 valence electrons. The third kappa shape index (κ3) is 6.04. The Hall–Kier alpha value is -1.17. The van der Waals surface area contributed by atoms with E-state index < -0.39 is 36.5 Å². The monoisotopic (exact) mass is 358 g/mol. The molecule has 0 aliphatic carbocycles. The summed E-state index contributed by atoms with van der Waals surface area (Å²) in [6.07, 6.45) is 0.999. The molecule has 0 aliphatic heterocycles. The van der Waals surface area contributed by atoms with Gasteiger partial charge in [-0.15, -0.1) is 0 Å². The number of hydrogen-bond acceptors (Lipinski definition) is 4. The number of carboxylic acid groups (broad SMARTS) is 1. The number of rotatable bonds is 9. The Kier molecular flexibility index (Phi) is 7.02. The molecule has 1 N–H and O–H groups in total. The first-order chi connectivity index (χ1) is 10.5. The summed E-state index contributed by atoms with van der Waals surface area (Å²) in [4.78, 5) is 36.6. The quantitative estimate of drug-likeness (QED) is 0.623. The van der Waals surface area contributed by atoms with Crippen LogP contribution in [0.5, 0.6) is 0 Å². The Morgan fingerprint density at radius 2 is 1.42 bits per heavy atom. The first-order valence-corrected chi connectivity index (χ1v) is 11.9. The molecule has 0 amide bonds. The molecule has 0 aromatic carbocycles. The molecule has 0 rings (SSSR count). The zero-order valence-electron chi connectivity index (χ0n) is 16.7. The summed E-state index contributed by atoms with van der Waals surface area (Å²) in [6, 6.07) is 0. The first-order valence-electron chi connectivity index (χ1n) is 8.47. The van der Waals surface area contributed by atoms with Gasteiger partial charge in [-0.2, -0.15) is 0 Å². The van der Waals surface area contributed by atoms with Gasteiger partial charge in [-0.3, -0.25) is 14.4 Å². The maximum Gasteiger partial charge on any atom is 0.309 e. The fraction of sp³-hybridized carbons (Fsp3) is 0.833. The average molecular weight is 359 g/mol. The summed E-state index contributed by atoms with van der Waals surface area (Å²) in [5.74, 6) is -1.35. The lowest BCUT2D eigenvalue weighted by Crippen LogP contribution is -2.45. The second kappa shape index (κ2) is 7.38. The van der Waals surface area contributed by atoms with Crippen LogP contribution in [0.15, 0.2) is 0 Å². The van der Waals surface area contributed by atoms with Crippen molar-refractivity contribution in [2.75, 3.05) is 0 Å². The Morgan fingerprint density at radius 1 is 0.958 bits per heavy atom. The van der Waals surface area contributed by atoms with Crippen molar-refractivity contribution in [3.8, 4) is 0 Å². The van der Waals surface area contributed by atoms with Gasteiger partial charge in [0.25, 0.3) is 5.97 Å². The summed E-state index contributed by atoms with van der Waals surface area (Å²) in [5, 5.41) is 9.47. The van der Waals surface area contributed by atoms with Crippen molar-refractivity contribution in [3.05, 3.63) is 0 Å².